The van der Waals surface area contributed by atoms with Crippen LogP contribution in [0.1, 0.15) is 78.6 Å². The number of carbonyl (C=O) groups is 3. The fourth-order valence-electron chi connectivity index (χ4n) is 4.65. The summed E-state index contributed by atoms with van der Waals surface area (Å²) in [5, 5.41) is 5.80. The van der Waals surface area contributed by atoms with Gasteiger partial charge in [0, 0.05) is 37.2 Å². The van der Waals surface area contributed by atoms with Gasteiger partial charge in [-0.25, -0.2) is 4.98 Å². The molecule has 2 aliphatic heterocycles. The van der Waals surface area contributed by atoms with Gasteiger partial charge in [0.05, 0.1) is 12.3 Å². The first kappa shape index (κ1) is 24.9. The number of H-pyrrole nitrogens is 1. The Kier molecular flexibility index (Phi) is 8.17. The lowest BCUT2D eigenvalue weighted by atomic mass is 10.0. The largest absolute Gasteiger partial charge is 0.494 e. The third-order valence-corrected chi connectivity index (χ3v) is 6.67. The molecule has 35 heavy (non-hydrogen) atoms. The molecule has 9 nitrogen and oxygen atoms in total. The average Bonchev–Trinajstić information content (AvgIpc) is 3.36. The molecule has 4 rings (SSSR count). The molecule has 1 aromatic heterocycles. The number of hydrogen-bond donors (Lipinski definition) is 3. The van der Waals surface area contributed by atoms with E-state index in [9.17, 15) is 14.4 Å². The van der Waals surface area contributed by atoms with Crippen LogP contribution in [0, 0.1) is 6.92 Å². The first-order valence-corrected chi connectivity index (χ1v) is 12.6. The second-order valence-electron chi connectivity index (χ2n) is 9.27. The van der Waals surface area contributed by atoms with Gasteiger partial charge < -0.3 is 19.9 Å². The van der Waals surface area contributed by atoms with Gasteiger partial charge >= 0.3 is 0 Å². The van der Waals surface area contributed by atoms with Crippen LogP contribution in [0.2, 0.25) is 0 Å². The minimum Gasteiger partial charge on any atom is -0.494 e. The van der Waals surface area contributed by atoms with Crippen molar-refractivity contribution in [2.45, 2.75) is 77.9 Å². The van der Waals surface area contributed by atoms with Gasteiger partial charge in [-0.2, -0.15) is 0 Å². The fraction of sp³-hybridized carbons (Fsp3) is 0.538. The molecule has 1 fully saturated rings. The second kappa shape index (κ2) is 11.5. The maximum atomic E-state index is 12.8. The van der Waals surface area contributed by atoms with Gasteiger partial charge in [0.2, 0.25) is 11.8 Å². The van der Waals surface area contributed by atoms with Gasteiger partial charge in [-0.05, 0) is 56.5 Å². The normalized spacial score (nSPS) is 17.6. The van der Waals surface area contributed by atoms with E-state index < -0.39 is 11.9 Å². The van der Waals surface area contributed by atoms with E-state index in [2.05, 4.69) is 34.4 Å². The lowest BCUT2D eigenvalue weighted by molar-refractivity contribution is -0.136. The molecule has 3 amide bonds. The Morgan fingerprint density at radius 2 is 2.00 bits per heavy atom. The molecule has 0 spiro atoms. The standard InChI is InChI=1S/C26H35N5O4/c1-3-23-28-17(2)21(29-23)15-27-12-6-4-5-7-13-35-19-8-9-20-18(14-19)16-31(26(20)34)22-10-11-24(32)30-25(22)33/h8-9,14,22,27H,3-7,10-13,15-16H2,1-2H3,(H,28,29)(H,30,32,33). The third-order valence-electron chi connectivity index (χ3n) is 6.67. The molecule has 0 bridgehead atoms. The lowest BCUT2D eigenvalue weighted by Crippen LogP contribution is -2.52. The molecule has 1 aromatic carbocycles. The first-order chi connectivity index (χ1) is 17.0. The van der Waals surface area contributed by atoms with Crippen molar-refractivity contribution in [2.24, 2.45) is 0 Å². The zero-order valence-corrected chi connectivity index (χ0v) is 20.6. The zero-order valence-electron chi connectivity index (χ0n) is 20.6. The number of unbranched alkanes of at least 4 members (excludes halogenated alkanes) is 3. The van der Waals surface area contributed by atoms with E-state index in [1.165, 1.54) is 0 Å². The Morgan fingerprint density at radius 1 is 1.17 bits per heavy atom. The molecule has 188 valence electrons. The minimum absolute atomic E-state index is 0.164. The number of rotatable bonds is 12. The molecule has 0 aliphatic carbocycles. The zero-order chi connectivity index (χ0) is 24.8. The second-order valence-corrected chi connectivity index (χ2v) is 9.27. The summed E-state index contributed by atoms with van der Waals surface area (Å²) in [6.07, 6.45) is 5.85. The smallest absolute Gasteiger partial charge is 0.255 e. The number of aryl methyl sites for hydroxylation is 2. The summed E-state index contributed by atoms with van der Waals surface area (Å²) in [5.74, 6) is 0.945. The Hall–Kier alpha value is -3.20. The highest BCUT2D eigenvalue weighted by atomic mass is 16.5. The van der Waals surface area contributed by atoms with E-state index in [1.54, 1.807) is 11.0 Å². The van der Waals surface area contributed by atoms with Crippen LogP contribution in [0.15, 0.2) is 18.2 Å². The number of hydrogen-bond acceptors (Lipinski definition) is 6. The predicted molar refractivity (Wildman–Crippen MR) is 131 cm³/mol. The Morgan fingerprint density at radius 3 is 2.77 bits per heavy atom. The number of nitrogens with zero attached hydrogens (tertiary/aromatic N) is 2. The van der Waals surface area contributed by atoms with Crippen molar-refractivity contribution in [3.8, 4) is 5.75 Å². The quantitative estimate of drug-likeness (QED) is 0.317. The van der Waals surface area contributed by atoms with E-state index in [0.717, 1.165) is 73.7 Å². The third kappa shape index (κ3) is 6.08. The molecule has 3 heterocycles. The van der Waals surface area contributed by atoms with Crippen LogP contribution in [0.5, 0.6) is 5.75 Å². The number of amides is 3. The molecule has 9 heteroatoms. The highest BCUT2D eigenvalue weighted by Gasteiger charge is 2.39. The van der Waals surface area contributed by atoms with Gasteiger partial charge in [0.15, 0.2) is 0 Å². The number of ether oxygens (including phenoxy) is 1. The van der Waals surface area contributed by atoms with E-state index in [-0.39, 0.29) is 18.2 Å². The van der Waals surface area contributed by atoms with Crippen molar-refractivity contribution in [3.05, 3.63) is 46.5 Å². The van der Waals surface area contributed by atoms with Crippen LogP contribution >= 0.6 is 0 Å². The molecule has 0 saturated carbocycles. The summed E-state index contributed by atoms with van der Waals surface area (Å²) in [7, 11) is 0. The number of imidazole rings is 1. The summed E-state index contributed by atoms with van der Waals surface area (Å²) < 4.78 is 5.91. The maximum absolute atomic E-state index is 12.8. The monoisotopic (exact) mass is 481 g/mol. The van der Waals surface area contributed by atoms with Crippen molar-refractivity contribution in [3.63, 3.8) is 0 Å². The Bertz CT molecular complexity index is 1080. The van der Waals surface area contributed by atoms with Crippen LogP contribution in [0.4, 0.5) is 0 Å². The number of piperidine rings is 1. The SMILES string of the molecule is CCc1nc(CNCCCCCCOc2ccc3c(c2)CN(C2CCC(=O)NC2=O)C3=O)c(C)[nH]1. The van der Waals surface area contributed by atoms with E-state index in [1.807, 2.05) is 12.1 Å². The van der Waals surface area contributed by atoms with Crippen molar-refractivity contribution in [1.82, 2.24) is 25.5 Å². The minimum atomic E-state index is -0.594. The number of fused-ring (bicyclic) bond motifs is 1. The molecule has 0 radical (unpaired) electrons. The molecule has 1 unspecified atom stereocenters. The van der Waals surface area contributed by atoms with Crippen molar-refractivity contribution >= 4 is 17.7 Å². The number of benzene rings is 1. The Balaban J connectivity index is 1.13. The molecular weight excluding hydrogens is 446 g/mol. The first-order valence-electron chi connectivity index (χ1n) is 12.6. The predicted octanol–water partition coefficient (Wildman–Crippen LogP) is 2.77. The van der Waals surface area contributed by atoms with E-state index in [0.29, 0.717) is 25.1 Å². The molecular formula is C26H35N5O4. The number of aromatic nitrogens is 2. The van der Waals surface area contributed by atoms with Crippen LogP contribution in [-0.2, 0) is 29.1 Å². The number of carbonyl (C=O) groups excluding carboxylic acids is 3. The van der Waals surface area contributed by atoms with Crippen LogP contribution in [0.25, 0.3) is 0 Å². The van der Waals surface area contributed by atoms with Gasteiger partial charge in [-0.1, -0.05) is 19.8 Å². The molecule has 1 saturated heterocycles. The number of aromatic amines is 1. The molecule has 3 N–H and O–H groups in total. The van der Waals surface area contributed by atoms with E-state index >= 15 is 0 Å². The topological polar surface area (TPSA) is 116 Å². The van der Waals surface area contributed by atoms with Crippen molar-refractivity contribution < 1.29 is 19.1 Å². The molecule has 2 aliphatic rings. The summed E-state index contributed by atoms with van der Waals surface area (Å²) in [5.41, 5.74) is 3.71. The summed E-state index contributed by atoms with van der Waals surface area (Å²) in [4.78, 5) is 45.8. The van der Waals surface area contributed by atoms with Gasteiger partial charge in [0.25, 0.3) is 5.91 Å². The summed E-state index contributed by atoms with van der Waals surface area (Å²) >= 11 is 0. The van der Waals surface area contributed by atoms with Crippen molar-refractivity contribution in [1.29, 1.82) is 0 Å². The van der Waals surface area contributed by atoms with E-state index in [4.69, 9.17) is 4.74 Å². The van der Waals surface area contributed by atoms with Crippen LogP contribution in [-0.4, -0.2) is 51.8 Å². The number of imide groups is 1. The van der Waals surface area contributed by atoms with Crippen LogP contribution in [0.3, 0.4) is 0 Å². The summed E-state index contributed by atoms with van der Waals surface area (Å²) in [6.45, 7) is 6.93. The molecule has 2 aromatic rings. The highest BCUT2D eigenvalue weighted by molar-refractivity contribution is 6.05. The van der Waals surface area contributed by atoms with Gasteiger partial charge in [-0.15, -0.1) is 0 Å². The maximum Gasteiger partial charge on any atom is 0.255 e. The Labute approximate surface area is 206 Å². The summed E-state index contributed by atoms with van der Waals surface area (Å²) in [6, 6.07) is 4.89. The fourth-order valence-corrected chi connectivity index (χ4v) is 4.65. The number of nitrogens with one attached hydrogen (secondary N) is 3. The highest BCUT2D eigenvalue weighted by Crippen LogP contribution is 2.30. The van der Waals surface area contributed by atoms with Gasteiger partial charge in [0.1, 0.15) is 17.6 Å². The molecule has 1 atom stereocenters. The average molecular weight is 482 g/mol. The lowest BCUT2D eigenvalue weighted by Gasteiger charge is -2.29. The van der Waals surface area contributed by atoms with Crippen LogP contribution < -0.4 is 15.4 Å². The van der Waals surface area contributed by atoms with Crippen molar-refractivity contribution in [2.75, 3.05) is 13.2 Å². The van der Waals surface area contributed by atoms with Gasteiger partial charge in [-0.3, -0.25) is 19.7 Å².